The Balaban J connectivity index is 1.61. The van der Waals surface area contributed by atoms with Crippen molar-refractivity contribution in [2.24, 2.45) is 0 Å². The van der Waals surface area contributed by atoms with Crippen molar-refractivity contribution in [1.82, 2.24) is 20.6 Å². The molecule has 0 aliphatic heterocycles. The molecule has 9 nitrogen and oxygen atoms in total. The Morgan fingerprint density at radius 1 is 1.07 bits per heavy atom. The number of para-hydroxylation sites is 1. The van der Waals surface area contributed by atoms with Crippen LogP contribution in [0.1, 0.15) is 13.3 Å². The summed E-state index contributed by atoms with van der Waals surface area (Å²) >= 11 is 0. The van der Waals surface area contributed by atoms with Crippen LogP contribution in [0.15, 0.2) is 48.5 Å². The number of rotatable bonds is 7. The van der Waals surface area contributed by atoms with Gasteiger partial charge in [-0.3, -0.25) is 9.59 Å². The normalized spacial score (nSPS) is 10.3. The van der Waals surface area contributed by atoms with E-state index in [2.05, 4.69) is 31.3 Å². The van der Waals surface area contributed by atoms with Gasteiger partial charge in [-0.2, -0.15) is 5.21 Å². The number of amides is 2. The van der Waals surface area contributed by atoms with Gasteiger partial charge in [-0.15, -0.1) is 10.2 Å². The third-order valence-electron chi connectivity index (χ3n) is 3.60. The first kappa shape index (κ1) is 18.1. The van der Waals surface area contributed by atoms with Crippen LogP contribution in [0.3, 0.4) is 0 Å². The summed E-state index contributed by atoms with van der Waals surface area (Å²) in [6, 6.07) is 14.0. The van der Waals surface area contributed by atoms with Crippen molar-refractivity contribution in [2.45, 2.75) is 13.3 Å². The third-order valence-corrected chi connectivity index (χ3v) is 3.60. The maximum Gasteiger partial charge on any atom is 0.262 e. The van der Waals surface area contributed by atoms with Crippen LogP contribution in [0.2, 0.25) is 0 Å². The molecule has 0 spiro atoms. The quantitative estimate of drug-likeness (QED) is 0.589. The predicted octanol–water partition coefficient (Wildman–Crippen LogP) is 2.23. The average Bonchev–Trinajstić information content (AvgIpc) is 3.21. The zero-order chi connectivity index (χ0) is 19.1. The molecule has 3 rings (SSSR count). The molecular weight excluding hydrogens is 348 g/mol. The highest BCUT2D eigenvalue weighted by Gasteiger charge is 2.12. The molecular formula is C18H18N6O3. The van der Waals surface area contributed by atoms with Gasteiger partial charge in [-0.05, 0) is 29.5 Å². The minimum absolute atomic E-state index is 0.0945. The van der Waals surface area contributed by atoms with Gasteiger partial charge in [0.2, 0.25) is 11.7 Å². The SMILES string of the molecule is CCC(=O)Nc1cccc(OCC(=O)Nc2ccccc2-c2nn[nH]n2)c1. The van der Waals surface area contributed by atoms with Crippen LogP contribution in [-0.4, -0.2) is 39.0 Å². The van der Waals surface area contributed by atoms with Gasteiger partial charge in [0.05, 0.1) is 5.69 Å². The first-order valence-electron chi connectivity index (χ1n) is 8.31. The Labute approximate surface area is 155 Å². The average molecular weight is 366 g/mol. The first-order valence-corrected chi connectivity index (χ1v) is 8.31. The lowest BCUT2D eigenvalue weighted by atomic mass is 10.1. The zero-order valence-electron chi connectivity index (χ0n) is 14.6. The van der Waals surface area contributed by atoms with Crippen molar-refractivity contribution < 1.29 is 14.3 Å². The van der Waals surface area contributed by atoms with Gasteiger partial charge < -0.3 is 15.4 Å². The molecule has 27 heavy (non-hydrogen) atoms. The van der Waals surface area contributed by atoms with E-state index in [1.165, 1.54) is 0 Å². The Bertz CT molecular complexity index is 926. The molecule has 0 aliphatic rings. The molecule has 0 aliphatic carbocycles. The Morgan fingerprint density at radius 3 is 2.70 bits per heavy atom. The molecule has 0 fully saturated rings. The largest absolute Gasteiger partial charge is 0.484 e. The number of nitrogens with one attached hydrogen (secondary N) is 3. The zero-order valence-corrected chi connectivity index (χ0v) is 14.6. The highest BCUT2D eigenvalue weighted by atomic mass is 16.5. The van der Waals surface area contributed by atoms with Gasteiger partial charge in [0, 0.05) is 23.7 Å². The van der Waals surface area contributed by atoms with Crippen LogP contribution in [-0.2, 0) is 9.59 Å². The molecule has 138 valence electrons. The van der Waals surface area contributed by atoms with Gasteiger partial charge in [0.25, 0.3) is 5.91 Å². The molecule has 0 saturated carbocycles. The van der Waals surface area contributed by atoms with Gasteiger partial charge in [-0.1, -0.05) is 25.1 Å². The molecule has 1 heterocycles. The number of carbonyl (C=O) groups excluding carboxylic acids is 2. The summed E-state index contributed by atoms with van der Waals surface area (Å²) in [7, 11) is 0. The maximum atomic E-state index is 12.2. The van der Waals surface area contributed by atoms with Crippen LogP contribution >= 0.6 is 0 Å². The van der Waals surface area contributed by atoms with Crippen molar-refractivity contribution >= 4 is 23.2 Å². The number of anilines is 2. The fraction of sp³-hybridized carbons (Fsp3) is 0.167. The summed E-state index contributed by atoms with van der Waals surface area (Å²) in [5.41, 5.74) is 1.81. The maximum absolute atomic E-state index is 12.2. The lowest BCUT2D eigenvalue weighted by molar-refractivity contribution is -0.118. The second-order valence-corrected chi connectivity index (χ2v) is 5.55. The molecule has 0 unspecified atom stereocenters. The highest BCUT2D eigenvalue weighted by molar-refractivity contribution is 5.95. The summed E-state index contributed by atoms with van der Waals surface area (Å²) in [6.45, 7) is 1.58. The van der Waals surface area contributed by atoms with Gasteiger partial charge in [-0.25, -0.2) is 0 Å². The Morgan fingerprint density at radius 2 is 1.93 bits per heavy atom. The lowest BCUT2D eigenvalue weighted by Crippen LogP contribution is -2.20. The third kappa shape index (κ3) is 4.88. The number of H-pyrrole nitrogens is 1. The van der Waals surface area contributed by atoms with Crippen molar-refractivity contribution in [2.75, 3.05) is 17.2 Å². The summed E-state index contributed by atoms with van der Waals surface area (Å²) in [4.78, 5) is 23.7. The minimum Gasteiger partial charge on any atom is -0.484 e. The van der Waals surface area contributed by atoms with E-state index in [1.54, 1.807) is 49.4 Å². The van der Waals surface area contributed by atoms with Crippen LogP contribution in [0.25, 0.3) is 11.4 Å². The molecule has 0 radical (unpaired) electrons. The Kier molecular flexibility index (Phi) is 5.73. The van der Waals surface area contributed by atoms with E-state index in [9.17, 15) is 9.59 Å². The topological polar surface area (TPSA) is 122 Å². The lowest BCUT2D eigenvalue weighted by Gasteiger charge is -2.11. The number of carbonyl (C=O) groups is 2. The van der Waals surface area contributed by atoms with Crippen molar-refractivity contribution in [3.05, 3.63) is 48.5 Å². The molecule has 0 atom stereocenters. The number of aromatic nitrogens is 4. The van der Waals surface area contributed by atoms with Gasteiger partial charge in [0.15, 0.2) is 6.61 Å². The van der Waals surface area contributed by atoms with E-state index in [0.29, 0.717) is 34.9 Å². The van der Waals surface area contributed by atoms with E-state index in [0.717, 1.165) is 0 Å². The van der Waals surface area contributed by atoms with E-state index >= 15 is 0 Å². The summed E-state index contributed by atoms with van der Waals surface area (Å²) in [5.74, 6) is 0.425. The summed E-state index contributed by atoms with van der Waals surface area (Å²) in [5, 5.41) is 19.3. The minimum atomic E-state index is -0.339. The van der Waals surface area contributed by atoms with E-state index in [-0.39, 0.29) is 18.4 Å². The Hall–Kier alpha value is -3.75. The number of hydrogen-bond acceptors (Lipinski definition) is 6. The van der Waals surface area contributed by atoms with Crippen LogP contribution in [0.5, 0.6) is 5.75 Å². The molecule has 1 aromatic heterocycles. The van der Waals surface area contributed by atoms with Crippen molar-refractivity contribution in [3.63, 3.8) is 0 Å². The fourth-order valence-corrected chi connectivity index (χ4v) is 2.31. The van der Waals surface area contributed by atoms with Crippen molar-refractivity contribution in [3.8, 4) is 17.1 Å². The van der Waals surface area contributed by atoms with Gasteiger partial charge in [0.1, 0.15) is 5.75 Å². The smallest absolute Gasteiger partial charge is 0.262 e. The van der Waals surface area contributed by atoms with E-state index in [4.69, 9.17) is 4.74 Å². The predicted molar refractivity (Wildman–Crippen MR) is 99.1 cm³/mol. The molecule has 9 heteroatoms. The highest BCUT2D eigenvalue weighted by Crippen LogP contribution is 2.24. The molecule has 3 aromatic rings. The number of hydrogen-bond donors (Lipinski definition) is 3. The second-order valence-electron chi connectivity index (χ2n) is 5.55. The molecule has 0 saturated heterocycles. The molecule has 3 N–H and O–H groups in total. The molecule has 2 aromatic carbocycles. The van der Waals surface area contributed by atoms with Crippen molar-refractivity contribution in [1.29, 1.82) is 0 Å². The van der Waals surface area contributed by atoms with Crippen LogP contribution in [0, 0.1) is 0 Å². The number of nitrogens with zero attached hydrogens (tertiary/aromatic N) is 3. The molecule has 2 amide bonds. The summed E-state index contributed by atoms with van der Waals surface area (Å²) in [6.07, 6.45) is 0.382. The van der Waals surface area contributed by atoms with E-state index < -0.39 is 0 Å². The number of ether oxygens (including phenoxy) is 1. The fourth-order valence-electron chi connectivity index (χ4n) is 2.31. The van der Waals surface area contributed by atoms with Gasteiger partial charge >= 0.3 is 0 Å². The second kappa shape index (κ2) is 8.56. The first-order chi connectivity index (χ1) is 13.2. The molecule has 0 bridgehead atoms. The monoisotopic (exact) mass is 366 g/mol. The number of aromatic amines is 1. The van der Waals surface area contributed by atoms with E-state index in [1.807, 2.05) is 6.07 Å². The summed E-state index contributed by atoms with van der Waals surface area (Å²) < 4.78 is 5.51. The van der Waals surface area contributed by atoms with Crippen LogP contribution in [0.4, 0.5) is 11.4 Å². The number of benzene rings is 2. The number of tetrazole rings is 1. The standard InChI is InChI=1S/C18H18N6O3/c1-2-16(25)19-12-6-5-7-13(10-12)27-11-17(26)20-15-9-4-3-8-14(15)18-21-23-24-22-18/h3-10H,2,11H2,1H3,(H,19,25)(H,20,26)(H,21,22,23,24). The van der Waals surface area contributed by atoms with Crippen LogP contribution < -0.4 is 15.4 Å².